The van der Waals surface area contributed by atoms with Crippen LogP contribution >= 0.6 is 0 Å². The van der Waals surface area contributed by atoms with E-state index in [0.29, 0.717) is 29.6 Å². The number of benzene rings is 1. The summed E-state index contributed by atoms with van der Waals surface area (Å²) >= 11 is 0. The molecule has 0 aliphatic heterocycles. The highest BCUT2D eigenvalue weighted by atomic mass is 16.5. The second kappa shape index (κ2) is 6.39. The average molecular weight is 290 g/mol. The Kier molecular flexibility index (Phi) is 4.57. The predicted molar refractivity (Wildman–Crippen MR) is 76.6 cm³/mol. The second-order valence-corrected chi connectivity index (χ2v) is 4.57. The monoisotopic (exact) mass is 290 g/mol. The molecule has 0 aliphatic rings. The number of aromatic nitrogens is 2. The largest absolute Gasteiger partial charge is 0.493 e. The highest BCUT2D eigenvalue weighted by molar-refractivity contribution is 5.84. The SMILES string of the molecule is CCC(=O)C(C)c1nc(-c2ccc(OC)c(OC)c2)no1. The number of ether oxygens (including phenoxy) is 2. The first-order valence-corrected chi connectivity index (χ1v) is 6.69. The van der Waals surface area contributed by atoms with Crippen LogP contribution in [0.2, 0.25) is 0 Å². The maximum Gasteiger partial charge on any atom is 0.237 e. The van der Waals surface area contributed by atoms with Gasteiger partial charge in [-0.05, 0) is 25.1 Å². The molecule has 0 saturated heterocycles. The van der Waals surface area contributed by atoms with Crippen molar-refractivity contribution in [1.82, 2.24) is 10.1 Å². The molecule has 1 heterocycles. The van der Waals surface area contributed by atoms with E-state index in [4.69, 9.17) is 14.0 Å². The van der Waals surface area contributed by atoms with Crippen molar-refractivity contribution >= 4 is 5.78 Å². The Bertz CT molecular complexity index is 636. The Morgan fingerprint density at radius 2 is 2.00 bits per heavy atom. The van der Waals surface area contributed by atoms with Crippen LogP contribution in [0.5, 0.6) is 11.5 Å². The fraction of sp³-hybridized carbons (Fsp3) is 0.400. The number of hydrogen-bond acceptors (Lipinski definition) is 6. The molecule has 1 atom stereocenters. The highest BCUT2D eigenvalue weighted by Crippen LogP contribution is 2.31. The van der Waals surface area contributed by atoms with Gasteiger partial charge < -0.3 is 14.0 Å². The zero-order valence-electron chi connectivity index (χ0n) is 12.5. The zero-order chi connectivity index (χ0) is 15.4. The lowest BCUT2D eigenvalue weighted by Crippen LogP contribution is -2.07. The molecule has 0 spiro atoms. The summed E-state index contributed by atoms with van der Waals surface area (Å²) in [5, 5.41) is 3.92. The van der Waals surface area contributed by atoms with E-state index in [1.54, 1.807) is 33.3 Å². The van der Waals surface area contributed by atoms with E-state index in [1.165, 1.54) is 0 Å². The van der Waals surface area contributed by atoms with Crippen molar-refractivity contribution in [2.75, 3.05) is 14.2 Å². The lowest BCUT2D eigenvalue weighted by atomic mass is 10.1. The molecule has 6 nitrogen and oxygen atoms in total. The van der Waals surface area contributed by atoms with Crippen molar-refractivity contribution in [2.24, 2.45) is 0 Å². The first kappa shape index (κ1) is 15.0. The van der Waals surface area contributed by atoms with Crippen molar-refractivity contribution in [3.8, 4) is 22.9 Å². The Hall–Kier alpha value is -2.37. The van der Waals surface area contributed by atoms with Gasteiger partial charge in [-0.25, -0.2) is 0 Å². The van der Waals surface area contributed by atoms with Gasteiger partial charge in [-0.15, -0.1) is 0 Å². The van der Waals surface area contributed by atoms with E-state index in [2.05, 4.69) is 10.1 Å². The molecule has 2 aromatic rings. The van der Waals surface area contributed by atoms with Gasteiger partial charge in [0.2, 0.25) is 11.7 Å². The fourth-order valence-corrected chi connectivity index (χ4v) is 1.95. The Morgan fingerprint density at radius 3 is 2.62 bits per heavy atom. The third kappa shape index (κ3) is 3.04. The van der Waals surface area contributed by atoms with Gasteiger partial charge in [-0.2, -0.15) is 4.98 Å². The van der Waals surface area contributed by atoms with Crippen LogP contribution in [-0.4, -0.2) is 30.1 Å². The van der Waals surface area contributed by atoms with Crippen LogP contribution in [0.3, 0.4) is 0 Å². The fourth-order valence-electron chi connectivity index (χ4n) is 1.95. The molecule has 0 fully saturated rings. The van der Waals surface area contributed by atoms with E-state index >= 15 is 0 Å². The zero-order valence-corrected chi connectivity index (χ0v) is 12.5. The molecule has 0 N–H and O–H groups in total. The van der Waals surface area contributed by atoms with Crippen LogP contribution in [0.25, 0.3) is 11.4 Å². The molecule has 2 rings (SSSR count). The summed E-state index contributed by atoms with van der Waals surface area (Å²) in [6.07, 6.45) is 0.440. The van der Waals surface area contributed by atoms with Gasteiger partial charge in [0.1, 0.15) is 5.78 Å². The smallest absolute Gasteiger partial charge is 0.237 e. The molecular weight excluding hydrogens is 272 g/mol. The van der Waals surface area contributed by atoms with Crippen molar-refractivity contribution < 1.29 is 18.8 Å². The van der Waals surface area contributed by atoms with Crippen molar-refractivity contribution in [1.29, 1.82) is 0 Å². The summed E-state index contributed by atoms with van der Waals surface area (Å²) in [5.41, 5.74) is 0.735. The average Bonchev–Trinajstić information content (AvgIpc) is 3.02. The molecule has 1 aromatic carbocycles. The van der Waals surface area contributed by atoms with Crippen LogP contribution in [0.15, 0.2) is 22.7 Å². The topological polar surface area (TPSA) is 74.5 Å². The molecule has 6 heteroatoms. The first-order valence-electron chi connectivity index (χ1n) is 6.69. The summed E-state index contributed by atoms with van der Waals surface area (Å²) in [7, 11) is 3.13. The minimum atomic E-state index is -0.392. The van der Waals surface area contributed by atoms with Gasteiger partial charge >= 0.3 is 0 Å². The Balaban J connectivity index is 2.31. The van der Waals surface area contributed by atoms with Gasteiger partial charge in [0, 0.05) is 12.0 Å². The van der Waals surface area contributed by atoms with E-state index in [0.717, 1.165) is 5.56 Å². The molecule has 0 saturated carbocycles. The number of carbonyl (C=O) groups excluding carboxylic acids is 1. The number of methoxy groups -OCH3 is 2. The molecule has 1 unspecified atom stereocenters. The molecule has 0 amide bonds. The standard InChI is InChI=1S/C15H18N2O4/c1-5-11(18)9(2)15-16-14(17-21-15)10-6-7-12(19-3)13(8-10)20-4/h6-9H,5H2,1-4H3. The third-order valence-electron chi connectivity index (χ3n) is 3.29. The van der Waals surface area contributed by atoms with Crippen molar-refractivity contribution in [3.63, 3.8) is 0 Å². The van der Waals surface area contributed by atoms with Gasteiger partial charge in [0.25, 0.3) is 0 Å². The van der Waals surface area contributed by atoms with Crippen LogP contribution < -0.4 is 9.47 Å². The predicted octanol–water partition coefficient (Wildman–Crippen LogP) is 2.84. The highest BCUT2D eigenvalue weighted by Gasteiger charge is 2.21. The first-order chi connectivity index (χ1) is 10.1. The van der Waals surface area contributed by atoms with Gasteiger partial charge in [-0.3, -0.25) is 4.79 Å². The Labute approximate surface area is 123 Å². The number of nitrogens with zero attached hydrogens (tertiary/aromatic N) is 2. The molecule has 0 radical (unpaired) electrons. The number of carbonyl (C=O) groups is 1. The normalized spacial score (nSPS) is 12.0. The molecular formula is C15H18N2O4. The van der Waals surface area contributed by atoms with Gasteiger partial charge in [0.05, 0.1) is 20.1 Å². The van der Waals surface area contributed by atoms with Crippen molar-refractivity contribution in [2.45, 2.75) is 26.2 Å². The summed E-state index contributed by atoms with van der Waals surface area (Å²) in [5.74, 6) is 1.63. The van der Waals surface area contributed by atoms with Crippen LogP contribution in [0, 0.1) is 0 Å². The molecule has 112 valence electrons. The third-order valence-corrected chi connectivity index (χ3v) is 3.29. The van der Waals surface area contributed by atoms with Crippen LogP contribution in [0.4, 0.5) is 0 Å². The minimum absolute atomic E-state index is 0.0671. The molecule has 0 aliphatic carbocycles. The number of hydrogen-bond donors (Lipinski definition) is 0. The number of ketones is 1. The summed E-state index contributed by atoms with van der Waals surface area (Å²) in [4.78, 5) is 16.0. The number of rotatable bonds is 6. The van der Waals surface area contributed by atoms with Crippen molar-refractivity contribution in [3.05, 3.63) is 24.1 Å². The van der Waals surface area contributed by atoms with E-state index in [9.17, 15) is 4.79 Å². The Morgan fingerprint density at radius 1 is 1.29 bits per heavy atom. The summed E-state index contributed by atoms with van der Waals surface area (Å²) in [6, 6.07) is 5.34. The molecule has 0 bridgehead atoms. The van der Waals surface area contributed by atoms with E-state index < -0.39 is 5.92 Å². The second-order valence-electron chi connectivity index (χ2n) is 4.57. The summed E-state index contributed by atoms with van der Waals surface area (Å²) < 4.78 is 15.6. The van der Waals surface area contributed by atoms with Crippen LogP contribution in [0.1, 0.15) is 32.1 Å². The van der Waals surface area contributed by atoms with E-state index in [1.807, 2.05) is 13.0 Å². The molecule has 1 aromatic heterocycles. The lowest BCUT2D eigenvalue weighted by Gasteiger charge is -2.07. The minimum Gasteiger partial charge on any atom is -0.493 e. The molecule has 21 heavy (non-hydrogen) atoms. The van der Waals surface area contributed by atoms with Crippen LogP contribution in [-0.2, 0) is 4.79 Å². The maximum atomic E-state index is 11.7. The lowest BCUT2D eigenvalue weighted by molar-refractivity contribution is -0.120. The van der Waals surface area contributed by atoms with E-state index in [-0.39, 0.29) is 5.78 Å². The summed E-state index contributed by atoms with van der Waals surface area (Å²) in [6.45, 7) is 3.57. The number of Topliss-reactive ketones (excluding diaryl/α,β-unsaturated/α-hetero) is 1. The maximum absolute atomic E-state index is 11.7. The van der Waals surface area contributed by atoms with Gasteiger partial charge in [-0.1, -0.05) is 12.1 Å². The van der Waals surface area contributed by atoms with Gasteiger partial charge in [0.15, 0.2) is 11.5 Å². The quantitative estimate of drug-likeness (QED) is 0.814.